The first-order chi connectivity index (χ1) is 18.2. The summed E-state index contributed by atoms with van der Waals surface area (Å²) in [6.45, 7) is 0.423. The number of carboxylic acid groups (broad SMARTS) is 3. The monoisotopic (exact) mass is 527 g/mol. The van der Waals surface area contributed by atoms with Crippen LogP contribution < -0.4 is 14.2 Å². The predicted molar refractivity (Wildman–Crippen MR) is 132 cm³/mol. The maximum Gasteiger partial charge on any atom is 0.511 e. The number of aryl methyl sites for hydroxylation is 1. The smallest absolute Gasteiger partial charge is 0.449 e. The molecule has 0 bridgehead atoms. The molecule has 1 atom stereocenters. The van der Waals surface area contributed by atoms with E-state index in [1.54, 1.807) is 4.90 Å². The molecule has 0 saturated heterocycles. The van der Waals surface area contributed by atoms with Crippen LogP contribution in [0.1, 0.15) is 72.5 Å². The van der Waals surface area contributed by atoms with Crippen LogP contribution in [0.3, 0.4) is 0 Å². The summed E-state index contributed by atoms with van der Waals surface area (Å²) in [4.78, 5) is 49.8. The Labute approximate surface area is 218 Å². The molecule has 0 unspecified atom stereocenters. The van der Waals surface area contributed by atoms with E-state index in [0.29, 0.717) is 13.0 Å². The number of carbonyl (C=O) groups is 4. The highest BCUT2D eigenvalue weighted by Gasteiger charge is 2.34. The topological polar surface area (TPSA) is 160 Å². The maximum absolute atomic E-state index is 14.2. The number of fused-ring (bicyclic) bond motifs is 1. The Bertz CT molecular complexity index is 1220. The normalized spacial score (nSPS) is 17.1. The first-order valence-electron chi connectivity index (χ1n) is 12.5. The predicted octanol–water partition coefficient (Wildman–Crippen LogP) is 5.96. The van der Waals surface area contributed by atoms with Gasteiger partial charge in [0.15, 0.2) is 17.2 Å². The van der Waals surface area contributed by atoms with Gasteiger partial charge in [0.25, 0.3) is 5.91 Å². The Morgan fingerprint density at radius 3 is 2.03 bits per heavy atom. The molecule has 38 heavy (non-hydrogen) atoms. The third kappa shape index (κ3) is 6.34. The minimum absolute atomic E-state index is 0.245. The molecule has 0 aromatic heterocycles. The number of benzene rings is 2. The standard InChI is InChI=1S/C27H29NO10/c29-24(19-13-22(37-26(32)33)23(38-27(34)35)14-21(19)36-25(30)31)28(15-16-7-2-1-3-8-16)20-12-6-10-17-9-4-5-11-18(17)20/h4-5,9,11,13-14,16,20H,1-3,6-8,10,12,15H2,(H,30,31)(H,32,33)(H,34,35)/t20-/m0/s1. The van der Waals surface area contributed by atoms with Crippen LogP contribution in [0.5, 0.6) is 17.2 Å². The zero-order valence-electron chi connectivity index (χ0n) is 20.6. The number of rotatable bonds is 7. The molecule has 11 nitrogen and oxygen atoms in total. The zero-order chi connectivity index (χ0) is 27.2. The second-order valence-electron chi connectivity index (χ2n) is 9.47. The average molecular weight is 528 g/mol. The Morgan fingerprint density at radius 2 is 1.37 bits per heavy atom. The van der Waals surface area contributed by atoms with E-state index in [-0.39, 0.29) is 17.5 Å². The van der Waals surface area contributed by atoms with Crippen molar-refractivity contribution in [2.75, 3.05) is 6.54 Å². The molecular formula is C27H29NO10. The van der Waals surface area contributed by atoms with Gasteiger partial charge in [-0.15, -0.1) is 0 Å². The number of carbonyl (C=O) groups excluding carboxylic acids is 1. The highest BCUT2D eigenvalue weighted by molar-refractivity contribution is 5.99. The Kier molecular flexibility index (Phi) is 8.35. The fourth-order valence-corrected chi connectivity index (χ4v) is 5.44. The lowest BCUT2D eigenvalue weighted by Crippen LogP contribution is -2.40. The number of nitrogens with zero attached hydrogens (tertiary/aromatic N) is 1. The van der Waals surface area contributed by atoms with E-state index in [4.69, 9.17) is 14.9 Å². The van der Waals surface area contributed by atoms with E-state index in [1.807, 2.05) is 24.3 Å². The lowest BCUT2D eigenvalue weighted by molar-refractivity contribution is 0.0592. The molecular weight excluding hydrogens is 498 g/mol. The molecule has 1 amide bonds. The van der Waals surface area contributed by atoms with Crippen molar-refractivity contribution in [2.24, 2.45) is 5.92 Å². The minimum Gasteiger partial charge on any atom is -0.449 e. The molecule has 11 heteroatoms. The highest BCUT2D eigenvalue weighted by Crippen LogP contribution is 2.41. The summed E-state index contributed by atoms with van der Waals surface area (Å²) >= 11 is 0. The van der Waals surface area contributed by atoms with Crippen LogP contribution in [0.15, 0.2) is 36.4 Å². The van der Waals surface area contributed by atoms with Crippen LogP contribution in [0.4, 0.5) is 14.4 Å². The van der Waals surface area contributed by atoms with Crippen molar-refractivity contribution in [3.8, 4) is 17.2 Å². The van der Waals surface area contributed by atoms with Crippen molar-refractivity contribution < 1.29 is 48.7 Å². The van der Waals surface area contributed by atoms with E-state index in [9.17, 15) is 24.3 Å². The van der Waals surface area contributed by atoms with Crippen LogP contribution >= 0.6 is 0 Å². The van der Waals surface area contributed by atoms with Crippen LogP contribution in [-0.2, 0) is 6.42 Å². The van der Waals surface area contributed by atoms with Gasteiger partial charge in [-0.05, 0) is 49.1 Å². The van der Waals surface area contributed by atoms with Gasteiger partial charge < -0.3 is 34.4 Å². The summed E-state index contributed by atoms with van der Waals surface area (Å²) in [6, 6.07) is 9.38. The molecule has 202 valence electrons. The molecule has 3 N–H and O–H groups in total. The first kappa shape index (κ1) is 26.8. The highest BCUT2D eigenvalue weighted by atomic mass is 16.7. The zero-order valence-corrected chi connectivity index (χ0v) is 20.6. The fourth-order valence-electron chi connectivity index (χ4n) is 5.44. The van der Waals surface area contributed by atoms with Gasteiger partial charge in [0, 0.05) is 18.7 Å². The van der Waals surface area contributed by atoms with E-state index in [1.165, 1.54) is 0 Å². The van der Waals surface area contributed by atoms with Crippen LogP contribution in [0.25, 0.3) is 0 Å². The maximum atomic E-state index is 14.2. The minimum atomic E-state index is -1.79. The van der Waals surface area contributed by atoms with E-state index in [2.05, 4.69) is 9.47 Å². The Hall–Kier alpha value is -4.28. The Balaban J connectivity index is 1.81. The van der Waals surface area contributed by atoms with Crippen molar-refractivity contribution >= 4 is 24.4 Å². The van der Waals surface area contributed by atoms with Gasteiger partial charge in [0.2, 0.25) is 0 Å². The van der Waals surface area contributed by atoms with Gasteiger partial charge in [-0.3, -0.25) is 4.79 Å². The third-order valence-electron chi connectivity index (χ3n) is 7.02. The average Bonchev–Trinajstić information content (AvgIpc) is 2.88. The molecule has 2 aromatic rings. The lowest BCUT2D eigenvalue weighted by Gasteiger charge is -2.39. The molecule has 0 spiro atoms. The van der Waals surface area contributed by atoms with Gasteiger partial charge in [-0.25, -0.2) is 14.4 Å². The summed E-state index contributed by atoms with van der Waals surface area (Å²) in [7, 11) is 0. The van der Waals surface area contributed by atoms with Crippen LogP contribution in [0, 0.1) is 5.92 Å². The molecule has 2 aliphatic rings. The van der Waals surface area contributed by atoms with E-state index in [0.717, 1.165) is 68.2 Å². The van der Waals surface area contributed by atoms with Gasteiger partial charge >= 0.3 is 18.5 Å². The third-order valence-corrected chi connectivity index (χ3v) is 7.02. The quantitative estimate of drug-likeness (QED) is 0.290. The molecule has 0 radical (unpaired) electrons. The molecule has 1 fully saturated rings. The van der Waals surface area contributed by atoms with E-state index < -0.39 is 41.6 Å². The van der Waals surface area contributed by atoms with Gasteiger partial charge in [0.1, 0.15) is 0 Å². The first-order valence-corrected chi connectivity index (χ1v) is 12.5. The molecule has 2 aromatic carbocycles. The van der Waals surface area contributed by atoms with Crippen molar-refractivity contribution in [1.82, 2.24) is 4.90 Å². The summed E-state index contributed by atoms with van der Waals surface area (Å²) in [5.74, 6) is -2.04. The summed E-state index contributed by atoms with van der Waals surface area (Å²) in [5, 5.41) is 27.5. The summed E-state index contributed by atoms with van der Waals surface area (Å²) in [5.41, 5.74) is 1.86. The lowest BCUT2D eigenvalue weighted by atomic mass is 9.84. The molecule has 1 saturated carbocycles. The number of hydrogen-bond donors (Lipinski definition) is 3. The molecule has 0 aliphatic heterocycles. The Morgan fingerprint density at radius 1 is 0.763 bits per heavy atom. The van der Waals surface area contributed by atoms with Crippen LogP contribution in [-0.4, -0.2) is 51.1 Å². The van der Waals surface area contributed by atoms with Crippen molar-refractivity contribution in [3.05, 3.63) is 53.1 Å². The summed E-state index contributed by atoms with van der Waals surface area (Å²) < 4.78 is 14.1. The van der Waals surface area contributed by atoms with Gasteiger partial charge in [-0.1, -0.05) is 43.5 Å². The number of hydrogen-bond acceptors (Lipinski definition) is 7. The van der Waals surface area contributed by atoms with Gasteiger partial charge in [0.05, 0.1) is 11.6 Å². The molecule has 4 rings (SSSR count). The largest absolute Gasteiger partial charge is 0.511 e. The summed E-state index contributed by atoms with van der Waals surface area (Å²) in [6.07, 6.45) is 2.27. The number of amides is 1. The fraction of sp³-hybridized carbons (Fsp3) is 0.407. The molecule has 2 aliphatic carbocycles. The second-order valence-corrected chi connectivity index (χ2v) is 9.47. The SMILES string of the molecule is O=C(O)Oc1cc(OC(=O)O)c(C(=O)N(CC2CCCCC2)[C@H]2CCCc3ccccc32)cc1OC(=O)O. The number of ether oxygens (including phenoxy) is 3. The van der Waals surface area contributed by atoms with Crippen LogP contribution in [0.2, 0.25) is 0 Å². The van der Waals surface area contributed by atoms with Gasteiger partial charge in [-0.2, -0.15) is 0 Å². The van der Waals surface area contributed by atoms with Crippen molar-refractivity contribution in [3.63, 3.8) is 0 Å². The second kappa shape index (κ2) is 11.8. The van der Waals surface area contributed by atoms with E-state index >= 15 is 0 Å². The van der Waals surface area contributed by atoms with Crippen molar-refractivity contribution in [1.29, 1.82) is 0 Å². The van der Waals surface area contributed by atoms with Crippen molar-refractivity contribution in [2.45, 2.75) is 57.4 Å². The molecule has 0 heterocycles.